The van der Waals surface area contributed by atoms with Crippen molar-refractivity contribution in [3.8, 4) is 5.75 Å². The third kappa shape index (κ3) is 3.84. The van der Waals surface area contributed by atoms with E-state index in [2.05, 4.69) is 4.89 Å². The van der Waals surface area contributed by atoms with Crippen LogP contribution in [0.4, 0.5) is 0 Å². The van der Waals surface area contributed by atoms with Crippen LogP contribution in [0.15, 0.2) is 54.6 Å². The van der Waals surface area contributed by atoms with Crippen LogP contribution in [0.1, 0.15) is 15.9 Å². The summed E-state index contributed by atoms with van der Waals surface area (Å²) >= 11 is 0. The highest BCUT2D eigenvalue weighted by molar-refractivity contribution is 5.88. The Hall–Kier alpha value is -2.82. The number of carbonyl (C=O) groups excluding carboxylic acids is 1. The first-order valence-corrected chi connectivity index (χ1v) is 5.90. The summed E-state index contributed by atoms with van der Waals surface area (Å²) in [6.07, 6.45) is -0.0654. The van der Waals surface area contributed by atoms with Gasteiger partial charge in [0.05, 0.1) is 12.0 Å². The third-order valence-corrected chi connectivity index (χ3v) is 2.50. The van der Waals surface area contributed by atoms with Gasteiger partial charge in [-0.1, -0.05) is 30.3 Å². The molecule has 0 radical (unpaired) electrons. The average Bonchev–Trinajstić information content (AvgIpc) is 2.46. The van der Waals surface area contributed by atoms with Crippen molar-refractivity contribution in [2.24, 2.45) is 0 Å². The van der Waals surface area contributed by atoms with Crippen LogP contribution in [-0.2, 0) is 16.1 Å². The zero-order chi connectivity index (χ0) is 14.4. The van der Waals surface area contributed by atoms with E-state index in [0.29, 0.717) is 16.9 Å². The van der Waals surface area contributed by atoms with Gasteiger partial charge in [0.25, 0.3) is 0 Å². The lowest BCUT2D eigenvalue weighted by Gasteiger charge is -2.05. The summed E-state index contributed by atoms with van der Waals surface area (Å²) < 4.78 is 0. The highest BCUT2D eigenvalue weighted by atomic mass is 17.2. The molecule has 0 aromatic heterocycles. The molecule has 2 aromatic rings. The lowest BCUT2D eigenvalue weighted by Crippen LogP contribution is -2.08. The molecule has 0 spiro atoms. The first-order valence-electron chi connectivity index (χ1n) is 5.90. The average molecular weight is 272 g/mol. The number of benzene rings is 2. The van der Waals surface area contributed by atoms with Gasteiger partial charge in [-0.15, -0.1) is 0 Å². The fraction of sp³-hybridized carbons (Fsp3) is 0.0667. The van der Waals surface area contributed by atoms with E-state index in [1.54, 1.807) is 42.5 Å². The van der Waals surface area contributed by atoms with Crippen molar-refractivity contribution in [2.75, 3.05) is 0 Å². The normalized spacial score (nSPS) is 9.80. The van der Waals surface area contributed by atoms with E-state index < -0.39 is 11.9 Å². The minimum absolute atomic E-state index is 0.0654. The second-order valence-corrected chi connectivity index (χ2v) is 4.03. The molecule has 102 valence electrons. The molecule has 0 heterocycles. The fourth-order valence-electron chi connectivity index (χ4n) is 1.55. The summed E-state index contributed by atoms with van der Waals surface area (Å²) in [6, 6.07) is 14.7. The van der Waals surface area contributed by atoms with Crippen molar-refractivity contribution in [3.63, 3.8) is 0 Å². The zero-order valence-corrected chi connectivity index (χ0v) is 10.5. The molecule has 0 aliphatic carbocycles. The van der Waals surface area contributed by atoms with Crippen LogP contribution < -0.4 is 4.89 Å². The molecule has 0 saturated heterocycles. The van der Waals surface area contributed by atoms with Crippen molar-refractivity contribution in [3.05, 3.63) is 65.7 Å². The smallest absolute Gasteiger partial charge is 0.386 e. The van der Waals surface area contributed by atoms with Gasteiger partial charge in [0.15, 0.2) is 5.75 Å². The largest absolute Gasteiger partial charge is 0.481 e. The lowest BCUT2D eigenvalue weighted by atomic mass is 10.1. The van der Waals surface area contributed by atoms with Gasteiger partial charge in [0.2, 0.25) is 0 Å². The maximum atomic E-state index is 11.6. The van der Waals surface area contributed by atoms with Gasteiger partial charge in [0, 0.05) is 0 Å². The van der Waals surface area contributed by atoms with E-state index in [1.807, 2.05) is 0 Å². The molecule has 1 N–H and O–H groups in total. The third-order valence-electron chi connectivity index (χ3n) is 2.50. The molecule has 2 rings (SSSR count). The summed E-state index contributed by atoms with van der Waals surface area (Å²) in [7, 11) is 0. The monoisotopic (exact) mass is 272 g/mol. The first kappa shape index (κ1) is 13.6. The molecule has 0 atom stereocenters. The molecule has 0 saturated carbocycles. The number of carbonyl (C=O) groups is 2. The van der Waals surface area contributed by atoms with Gasteiger partial charge >= 0.3 is 11.9 Å². The SMILES string of the molecule is O=C(O)Cc1ccc(OOC(=O)c2ccccc2)cc1. The Bertz CT molecular complexity index is 589. The van der Waals surface area contributed by atoms with Crippen LogP contribution in [0.3, 0.4) is 0 Å². The number of carboxylic acids is 1. The number of rotatable bonds is 5. The standard InChI is InChI=1S/C15H12O5/c16-14(17)10-11-6-8-13(9-7-11)19-20-15(18)12-4-2-1-3-5-12/h1-9H,10H2,(H,16,17). The van der Waals surface area contributed by atoms with Crippen LogP contribution in [0.25, 0.3) is 0 Å². The highest BCUT2D eigenvalue weighted by Crippen LogP contribution is 2.14. The van der Waals surface area contributed by atoms with Crippen LogP contribution >= 0.6 is 0 Å². The summed E-state index contributed by atoms with van der Waals surface area (Å²) in [6.45, 7) is 0. The molecule has 0 aliphatic heterocycles. The summed E-state index contributed by atoms with van der Waals surface area (Å²) in [5, 5.41) is 8.64. The Balaban J connectivity index is 1.91. The first-order chi connectivity index (χ1) is 9.65. The molecule has 5 heteroatoms. The molecule has 20 heavy (non-hydrogen) atoms. The maximum absolute atomic E-state index is 11.6. The van der Waals surface area contributed by atoms with Crippen molar-refractivity contribution >= 4 is 11.9 Å². The van der Waals surface area contributed by atoms with Crippen molar-refractivity contribution in [2.45, 2.75) is 6.42 Å². The Labute approximate surface area is 115 Å². The van der Waals surface area contributed by atoms with Gasteiger partial charge < -0.3 is 5.11 Å². The highest BCUT2D eigenvalue weighted by Gasteiger charge is 2.08. The van der Waals surface area contributed by atoms with E-state index in [1.165, 1.54) is 12.1 Å². The number of hydrogen-bond acceptors (Lipinski definition) is 4. The number of hydrogen-bond donors (Lipinski definition) is 1. The summed E-state index contributed by atoms with van der Waals surface area (Å²) in [4.78, 5) is 31.7. The molecular weight excluding hydrogens is 260 g/mol. The molecule has 0 fully saturated rings. The van der Waals surface area contributed by atoms with Crippen molar-refractivity contribution in [1.82, 2.24) is 0 Å². The maximum Gasteiger partial charge on any atom is 0.386 e. The quantitative estimate of drug-likeness (QED) is 0.668. The topological polar surface area (TPSA) is 72.8 Å². The lowest BCUT2D eigenvalue weighted by molar-refractivity contribution is -0.149. The summed E-state index contributed by atoms with van der Waals surface area (Å²) in [5.41, 5.74) is 1.02. The van der Waals surface area contributed by atoms with Gasteiger partial charge in [0.1, 0.15) is 0 Å². The van der Waals surface area contributed by atoms with E-state index in [4.69, 9.17) is 9.99 Å². The predicted octanol–water partition coefficient (Wildman–Crippen LogP) is 2.46. The van der Waals surface area contributed by atoms with Gasteiger partial charge in [-0.2, -0.15) is 0 Å². The van der Waals surface area contributed by atoms with E-state index in [0.717, 1.165) is 0 Å². The summed E-state index contributed by atoms with van der Waals surface area (Å²) in [5.74, 6) is -1.18. The van der Waals surface area contributed by atoms with Crippen molar-refractivity contribution < 1.29 is 24.5 Å². The Kier molecular flexibility index (Phi) is 4.34. The van der Waals surface area contributed by atoms with Crippen LogP contribution in [0.2, 0.25) is 0 Å². The number of carboxylic acid groups (broad SMARTS) is 1. The molecule has 5 nitrogen and oxygen atoms in total. The second-order valence-electron chi connectivity index (χ2n) is 4.03. The molecule has 0 aliphatic rings. The van der Waals surface area contributed by atoms with Crippen LogP contribution in [0, 0.1) is 0 Å². The second kappa shape index (κ2) is 6.38. The van der Waals surface area contributed by atoms with Gasteiger partial charge in [-0.3, -0.25) is 9.68 Å². The predicted molar refractivity (Wildman–Crippen MR) is 70.3 cm³/mol. The Morgan fingerprint density at radius 2 is 1.60 bits per heavy atom. The fourth-order valence-corrected chi connectivity index (χ4v) is 1.55. The van der Waals surface area contributed by atoms with E-state index in [-0.39, 0.29) is 6.42 Å². The molecular formula is C15H12O5. The van der Waals surface area contributed by atoms with Gasteiger partial charge in [-0.05, 0) is 29.8 Å². The minimum atomic E-state index is -0.908. The van der Waals surface area contributed by atoms with Crippen LogP contribution in [-0.4, -0.2) is 17.0 Å². The van der Waals surface area contributed by atoms with E-state index in [9.17, 15) is 9.59 Å². The van der Waals surface area contributed by atoms with Crippen LogP contribution in [0.5, 0.6) is 5.75 Å². The Morgan fingerprint density at radius 3 is 2.20 bits per heavy atom. The minimum Gasteiger partial charge on any atom is -0.481 e. The number of aliphatic carboxylic acids is 1. The zero-order valence-electron chi connectivity index (χ0n) is 10.5. The molecule has 0 bridgehead atoms. The van der Waals surface area contributed by atoms with E-state index >= 15 is 0 Å². The molecule has 0 unspecified atom stereocenters. The Morgan fingerprint density at radius 1 is 0.950 bits per heavy atom. The van der Waals surface area contributed by atoms with Gasteiger partial charge in [-0.25, -0.2) is 9.68 Å². The van der Waals surface area contributed by atoms with Crippen molar-refractivity contribution in [1.29, 1.82) is 0 Å². The molecule has 0 amide bonds. The molecule has 2 aromatic carbocycles.